The predicted molar refractivity (Wildman–Crippen MR) is 96.9 cm³/mol. The minimum atomic E-state index is -3.02. The lowest BCUT2D eigenvalue weighted by Crippen LogP contribution is -2.30. The molecule has 1 atom stereocenters. The lowest BCUT2D eigenvalue weighted by molar-refractivity contribution is -0.141. The van der Waals surface area contributed by atoms with Crippen molar-refractivity contribution < 1.29 is 18.7 Å². The summed E-state index contributed by atoms with van der Waals surface area (Å²) in [6, 6.07) is 16.6. The summed E-state index contributed by atoms with van der Waals surface area (Å²) < 4.78 is 28.5. The molecule has 0 spiro atoms. The van der Waals surface area contributed by atoms with Crippen molar-refractivity contribution in [1.29, 1.82) is 0 Å². The van der Waals surface area contributed by atoms with Gasteiger partial charge >= 0.3 is 5.97 Å². The molecule has 5 heteroatoms. The average molecular weight is 357 g/mol. The number of carbonyl (C=O) groups is 1. The third-order valence-electron chi connectivity index (χ3n) is 4.44. The van der Waals surface area contributed by atoms with Gasteiger partial charge < -0.3 is 5.11 Å². The molecule has 0 amide bonds. The summed E-state index contributed by atoms with van der Waals surface area (Å²) >= 11 is 0. The topological polar surface area (TPSA) is 49.7 Å². The Hall–Kier alpha value is -2.56. The first-order valence-corrected chi connectivity index (χ1v) is 8.74. The van der Waals surface area contributed by atoms with Gasteiger partial charge in [-0.1, -0.05) is 60.7 Å². The molecule has 1 N–H and O–H groups in total. The van der Waals surface area contributed by atoms with Crippen molar-refractivity contribution in [3.05, 3.63) is 71.8 Å². The second-order valence-electron chi connectivity index (χ2n) is 6.77. The van der Waals surface area contributed by atoms with Gasteiger partial charge in [0.25, 0.3) is 5.92 Å². The molecule has 3 nitrogen and oxygen atoms in total. The Morgan fingerprint density at radius 2 is 1.54 bits per heavy atom. The number of halogens is 2. The zero-order chi connectivity index (χ0) is 18.6. The maximum absolute atomic E-state index is 14.2. The number of aliphatic imine (C=N–C) groups is 1. The van der Waals surface area contributed by atoms with E-state index in [0.29, 0.717) is 16.8 Å². The minimum Gasteiger partial charge on any atom is -0.480 e. The van der Waals surface area contributed by atoms with Crippen LogP contribution in [-0.2, 0) is 4.79 Å². The van der Waals surface area contributed by atoms with E-state index in [1.807, 2.05) is 36.4 Å². The van der Waals surface area contributed by atoms with Gasteiger partial charge in [0.05, 0.1) is 5.71 Å². The van der Waals surface area contributed by atoms with Crippen molar-refractivity contribution in [1.82, 2.24) is 0 Å². The standard InChI is InChI=1S/C21H21F2NO2/c22-21(23,13-15-11-12-15)14-18(20(25)26)24-19(16-7-3-1-4-8-16)17-9-5-2-6-10-17/h1-10,15,18H,11-14H2,(H,25,26)/t18-/m0/s1. The van der Waals surface area contributed by atoms with Gasteiger partial charge in [0.1, 0.15) is 0 Å². The number of carboxylic acids is 1. The SMILES string of the molecule is O=C(O)[C@H](CC(F)(F)CC1CC1)N=C(c1ccccc1)c1ccccc1. The van der Waals surface area contributed by atoms with Gasteiger partial charge in [-0.05, 0) is 18.8 Å². The summed E-state index contributed by atoms with van der Waals surface area (Å²) in [4.78, 5) is 15.9. The van der Waals surface area contributed by atoms with Crippen LogP contribution in [0.3, 0.4) is 0 Å². The molecule has 0 saturated heterocycles. The first-order chi connectivity index (χ1) is 12.4. The van der Waals surface area contributed by atoms with Crippen LogP contribution in [-0.4, -0.2) is 28.8 Å². The van der Waals surface area contributed by atoms with Gasteiger partial charge in [0.15, 0.2) is 6.04 Å². The smallest absolute Gasteiger partial charge is 0.328 e. The van der Waals surface area contributed by atoms with Crippen LogP contribution in [0.15, 0.2) is 65.7 Å². The molecular weight excluding hydrogens is 336 g/mol. The van der Waals surface area contributed by atoms with Crippen LogP contribution in [0.5, 0.6) is 0 Å². The van der Waals surface area contributed by atoms with Crippen molar-refractivity contribution in [3.8, 4) is 0 Å². The van der Waals surface area contributed by atoms with Crippen LogP contribution in [0.4, 0.5) is 8.78 Å². The summed E-state index contributed by atoms with van der Waals surface area (Å²) in [5, 5.41) is 9.49. The number of carboxylic acid groups (broad SMARTS) is 1. The maximum atomic E-state index is 14.2. The number of nitrogens with zero attached hydrogens (tertiary/aromatic N) is 1. The molecule has 26 heavy (non-hydrogen) atoms. The van der Waals surface area contributed by atoms with Crippen LogP contribution in [0.25, 0.3) is 0 Å². The molecule has 0 unspecified atom stereocenters. The number of alkyl halides is 2. The number of hydrogen-bond acceptors (Lipinski definition) is 2. The highest BCUT2D eigenvalue weighted by atomic mass is 19.3. The molecule has 2 aromatic rings. The van der Waals surface area contributed by atoms with Crippen molar-refractivity contribution in [2.45, 2.75) is 37.6 Å². The van der Waals surface area contributed by atoms with E-state index in [9.17, 15) is 18.7 Å². The maximum Gasteiger partial charge on any atom is 0.328 e. The van der Waals surface area contributed by atoms with Gasteiger partial charge in [-0.3, -0.25) is 4.99 Å². The molecule has 0 radical (unpaired) electrons. The van der Waals surface area contributed by atoms with Crippen molar-refractivity contribution in [2.75, 3.05) is 0 Å². The van der Waals surface area contributed by atoms with E-state index < -0.39 is 24.4 Å². The summed E-state index contributed by atoms with van der Waals surface area (Å²) in [7, 11) is 0. The first-order valence-electron chi connectivity index (χ1n) is 8.74. The van der Waals surface area contributed by atoms with Gasteiger partial charge in [-0.25, -0.2) is 13.6 Å². The Bertz CT molecular complexity index is 730. The Labute approximate surface area is 151 Å². The molecule has 3 rings (SSSR count). The molecule has 0 aliphatic heterocycles. The number of aliphatic carboxylic acids is 1. The molecule has 0 bridgehead atoms. The van der Waals surface area contributed by atoms with E-state index in [0.717, 1.165) is 12.8 Å². The quantitative estimate of drug-likeness (QED) is 0.690. The molecule has 0 heterocycles. The highest BCUT2D eigenvalue weighted by Gasteiger charge is 2.41. The lowest BCUT2D eigenvalue weighted by Gasteiger charge is -2.19. The number of hydrogen-bond donors (Lipinski definition) is 1. The van der Waals surface area contributed by atoms with Crippen LogP contribution >= 0.6 is 0 Å². The third-order valence-corrected chi connectivity index (χ3v) is 4.44. The Morgan fingerprint density at radius 3 is 1.96 bits per heavy atom. The summed E-state index contributed by atoms with van der Waals surface area (Å²) in [6.07, 6.45) is 0.575. The highest BCUT2D eigenvalue weighted by molar-refractivity contribution is 6.13. The van der Waals surface area contributed by atoms with Gasteiger partial charge in [-0.2, -0.15) is 0 Å². The van der Waals surface area contributed by atoms with E-state index in [2.05, 4.69) is 4.99 Å². The highest BCUT2D eigenvalue weighted by Crippen LogP contribution is 2.41. The van der Waals surface area contributed by atoms with Crippen molar-refractivity contribution in [2.24, 2.45) is 10.9 Å². The average Bonchev–Trinajstić information content (AvgIpc) is 3.43. The molecule has 1 aliphatic rings. The Balaban J connectivity index is 1.94. The van der Waals surface area contributed by atoms with Crippen LogP contribution in [0.2, 0.25) is 0 Å². The molecule has 1 fully saturated rings. The fourth-order valence-electron chi connectivity index (χ4n) is 2.96. The van der Waals surface area contributed by atoms with Gasteiger partial charge in [0.2, 0.25) is 0 Å². The monoisotopic (exact) mass is 357 g/mol. The fraction of sp³-hybridized carbons (Fsp3) is 0.333. The lowest BCUT2D eigenvalue weighted by atomic mass is 10.00. The zero-order valence-corrected chi connectivity index (χ0v) is 14.3. The second kappa shape index (κ2) is 7.77. The molecule has 1 aliphatic carbocycles. The van der Waals surface area contributed by atoms with E-state index >= 15 is 0 Å². The predicted octanol–water partition coefficient (Wildman–Crippen LogP) is 4.80. The molecule has 2 aromatic carbocycles. The molecule has 1 saturated carbocycles. The summed E-state index contributed by atoms with van der Waals surface area (Å²) in [5.74, 6) is -4.33. The third kappa shape index (κ3) is 4.97. The minimum absolute atomic E-state index is 0.0196. The number of rotatable bonds is 8. The first kappa shape index (κ1) is 18.2. The fourth-order valence-corrected chi connectivity index (χ4v) is 2.96. The Kier molecular flexibility index (Phi) is 5.45. The molecule has 0 aromatic heterocycles. The van der Waals surface area contributed by atoms with Crippen LogP contribution < -0.4 is 0 Å². The number of benzene rings is 2. The van der Waals surface area contributed by atoms with E-state index in [1.165, 1.54) is 0 Å². The largest absolute Gasteiger partial charge is 0.480 e. The van der Waals surface area contributed by atoms with Crippen molar-refractivity contribution >= 4 is 11.7 Å². The van der Waals surface area contributed by atoms with E-state index in [-0.39, 0.29) is 12.3 Å². The van der Waals surface area contributed by atoms with Crippen molar-refractivity contribution in [3.63, 3.8) is 0 Å². The zero-order valence-electron chi connectivity index (χ0n) is 14.3. The molecule has 136 valence electrons. The molecular formula is C21H21F2NO2. The van der Waals surface area contributed by atoms with E-state index in [1.54, 1.807) is 24.3 Å². The van der Waals surface area contributed by atoms with Crippen LogP contribution in [0.1, 0.15) is 36.8 Å². The second-order valence-corrected chi connectivity index (χ2v) is 6.77. The Morgan fingerprint density at radius 1 is 1.04 bits per heavy atom. The van der Waals surface area contributed by atoms with Gasteiger partial charge in [0, 0.05) is 24.0 Å². The van der Waals surface area contributed by atoms with E-state index in [4.69, 9.17) is 0 Å². The normalized spacial score (nSPS) is 15.3. The van der Waals surface area contributed by atoms with Crippen LogP contribution in [0, 0.1) is 5.92 Å². The summed E-state index contributed by atoms with van der Waals surface area (Å²) in [5.41, 5.74) is 1.83. The van der Waals surface area contributed by atoms with Gasteiger partial charge in [-0.15, -0.1) is 0 Å². The summed E-state index contributed by atoms with van der Waals surface area (Å²) in [6.45, 7) is 0.